The fourth-order valence-corrected chi connectivity index (χ4v) is 3.06. The van der Waals surface area contributed by atoms with Gasteiger partial charge in [0, 0.05) is 6.20 Å². The molecular formula is C8H8N2O4S2. The van der Waals surface area contributed by atoms with E-state index in [4.69, 9.17) is 5.14 Å². The number of sulfonamides is 2. The van der Waals surface area contributed by atoms with Gasteiger partial charge in [0.25, 0.3) is 10.0 Å². The van der Waals surface area contributed by atoms with E-state index in [1.165, 1.54) is 24.4 Å². The van der Waals surface area contributed by atoms with Gasteiger partial charge in [-0.1, -0.05) is 6.07 Å². The fourth-order valence-electron chi connectivity index (χ4n) is 1.34. The number of hydrogen-bond acceptors (Lipinski definition) is 4. The highest BCUT2D eigenvalue weighted by atomic mass is 32.2. The number of primary sulfonamides is 1. The molecule has 0 saturated carbocycles. The Labute approximate surface area is 92.9 Å². The number of rotatable bonds is 1. The Balaban J connectivity index is 2.76. The van der Waals surface area contributed by atoms with Crippen LogP contribution in [-0.4, -0.2) is 16.8 Å². The Bertz CT molecular complexity index is 674. The van der Waals surface area contributed by atoms with E-state index in [0.29, 0.717) is 5.56 Å². The van der Waals surface area contributed by atoms with Crippen molar-refractivity contribution in [2.24, 2.45) is 5.14 Å². The summed E-state index contributed by atoms with van der Waals surface area (Å²) in [5.41, 5.74) is 0.422. The first-order valence-corrected chi connectivity index (χ1v) is 7.19. The summed E-state index contributed by atoms with van der Waals surface area (Å²) in [6, 6.07) is 3.69. The molecule has 1 aliphatic heterocycles. The monoisotopic (exact) mass is 260 g/mol. The smallest absolute Gasteiger partial charge is 0.262 e. The SMILES string of the molecule is NS(=O)(=O)c1ccc2c(c1)S(=O)(=O)NC=C2. The van der Waals surface area contributed by atoms with Crippen molar-refractivity contribution >= 4 is 26.1 Å². The quantitative estimate of drug-likeness (QED) is 0.716. The Morgan fingerprint density at radius 3 is 2.56 bits per heavy atom. The van der Waals surface area contributed by atoms with Crippen molar-refractivity contribution in [2.45, 2.75) is 9.79 Å². The third-order valence-electron chi connectivity index (χ3n) is 2.09. The zero-order valence-corrected chi connectivity index (χ0v) is 9.55. The van der Waals surface area contributed by atoms with Gasteiger partial charge in [-0.2, -0.15) is 0 Å². The molecule has 3 N–H and O–H groups in total. The van der Waals surface area contributed by atoms with Crippen LogP contribution in [0.2, 0.25) is 0 Å². The highest BCUT2D eigenvalue weighted by molar-refractivity contribution is 7.90. The minimum Gasteiger partial charge on any atom is -0.286 e. The summed E-state index contributed by atoms with van der Waals surface area (Å²) in [6.07, 6.45) is 2.80. The maximum Gasteiger partial charge on any atom is 0.262 e. The molecule has 0 fully saturated rings. The molecule has 0 unspecified atom stereocenters. The first-order valence-electron chi connectivity index (χ1n) is 4.16. The largest absolute Gasteiger partial charge is 0.286 e. The van der Waals surface area contributed by atoms with Gasteiger partial charge in [-0.3, -0.25) is 4.72 Å². The molecule has 0 saturated heterocycles. The van der Waals surface area contributed by atoms with Gasteiger partial charge < -0.3 is 0 Å². The molecular weight excluding hydrogens is 252 g/mol. The summed E-state index contributed by atoms with van der Waals surface area (Å²) in [5.74, 6) is 0. The molecule has 0 radical (unpaired) electrons. The number of benzene rings is 1. The Morgan fingerprint density at radius 2 is 1.94 bits per heavy atom. The van der Waals surface area contributed by atoms with E-state index in [-0.39, 0.29) is 9.79 Å². The lowest BCUT2D eigenvalue weighted by molar-refractivity contribution is 0.589. The molecule has 8 heteroatoms. The van der Waals surface area contributed by atoms with Crippen LogP contribution in [0.1, 0.15) is 5.56 Å². The number of nitrogens with two attached hydrogens (primary N) is 1. The molecule has 16 heavy (non-hydrogen) atoms. The van der Waals surface area contributed by atoms with E-state index in [0.717, 1.165) is 6.07 Å². The van der Waals surface area contributed by atoms with Crippen LogP contribution in [0.25, 0.3) is 6.08 Å². The van der Waals surface area contributed by atoms with Gasteiger partial charge in [-0.05, 0) is 23.8 Å². The fraction of sp³-hybridized carbons (Fsp3) is 0. The first-order chi connectivity index (χ1) is 7.31. The highest BCUT2D eigenvalue weighted by Crippen LogP contribution is 2.23. The lowest BCUT2D eigenvalue weighted by Crippen LogP contribution is -2.22. The van der Waals surface area contributed by atoms with Crippen molar-refractivity contribution in [2.75, 3.05) is 0 Å². The van der Waals surface area contributed by atoms with Crippen LogP contribution in [0.5, 0.6) is 0 Å². The lowest BCUT2D eigenvalue weighted by atomic mass is 10.2. The van der Waals surface area contributed by atoms with Crippen LogP contribution in [0.15, 0.2) is 34.2 Å². The van der Waals surface area contributed by atoms with Crippen molar-refractivity contribution in [3.8, 4) is 0 Å². The van der Waals surface area contributed by atoms with Gasteiger partial charge in [0.15, 0.2) is 0 Å². The normalized spacial score (nSPS) is 17.6. The van der Waals surface area contributed by atoms with Gasteiger partial charge >= 0.3 is 0 Å². The minimum absolute atomic E-state index is 0.0958. The molecule has 0 atom stereocenters. The molecule has 2 rings (SSSR count). The zero-order chi connectivity index (χ0) is 12.0. The number of nitrogens with one attached hydrogen (secondary N) is 1. The van der Waals surface area contributed by atoms with Gasteiger partial charge in [0.2, 0.25) is 10.0 Å². The second-order valence-electron chi connectivity index (χ2n) is 3.20. The van der Waals surface area contributed by atoms with E-state index in [1.807, 2.05) is 0 Å². The van der Waals surface area contributed by atoms with Crippen LogP contribution >= 0.6 is 0 Å². The third kappa shape index (κ3) is 1.82. The maximum atomic E-state index is 11.6. The molecule has 0 aromatic heterocycles. The van der Waals surface area contributed by atoms with Crippen LogP contribution in [0.3, 0.4) is 0 Å². The molecule has 1 heterocycles. The molecule has 86 valence electrons. The van der Waals surface area contributed by atoms with Crippen LogP contribution < -0.4 is 9.86 Å². The van der Waals surface area contributed by atoms with Crippen LogP contribution in [0.4, 0.5) is 0 Å². The molecule has 1 aromatic rings. The van der Waals surface area contributed by atoms with Crippen molar-refractivity contribution in [3.63, 3.8) is 0 Å². The Hall–Kier alpha value is -1.38. The molecule has 1 aromatic carbocycles. The van der Waals surface area contributed by atoms with Gasteiger partial charge in [-0.25, -0.2) is 22.0 Å². The zero-order valence-electron chi connectivity index (χ0n) is 7.91. The second kappa shape index (κ2) is 3.30. The Kier molecular flexibility index (Phi) is 2.30. The standard InChI is InChI=1S/C8H8N2O4S2/c9-15(11,12)7-2-1-6-3-4-10-16(13,14)8(6)5-7/h1-5,10H,(H2,9,11,12). The molecule has 0 bridgehead atoms. The van der Waals surface area contributed by atoms with Crippen molar-refractivity contribution in [1.82, 2.24) is 4.72 Å². The Morgan fingerprint density at radius 1 is 1.25 bits per heavy atom. The first kappa shape index (κ1) is 11.1. The van der Waals surface area contributed by atoms with Crippen LogP contribution in [0, 0.1) is 0 Å². The second-order valence-corrected chi connectivity index (χ2v) is 6.44. The summed E-state index contributed by atoms with van der Waals surface area (Å²) in [5, 5.41) is 4.92. The van der Waals surface area contributed by atoms with Gasteiger partial charge in [0.05, 0.1) is 9.79 Å². The van der Waals surface area contributed by atoms with Gasteiger partial charge in [-0.15, -0.1) is 0 Å². The highest BCUT2D eigenvalue weighted by Gasteiger charge is 2.22. The summed E-state index contributed by atoms with van der Waals surface area (Å²) in [6.45, 7) is 0. The predicted molar refractivity (Wildman–Crippen MR) is 57.2 cm³/mol. The van der Waals surface area contributed by atoms with E-state index in [2.05, 4.69) is 4.72 Å². The van der Waals surface area contributed by atoms with Crippen molar-refractivity contribution in [1.29, 1.82) is 0 Å². The number of hydrogen-bond donors (Lipinski definition) is 2. The lowest BCUT2D eigenvalue weighted by Gasteiger charge is -2.13. The summed E-state index contributed by atoms with van der Waals surface area (Å²) < 4.78 is 47.4. The number of fused-ring (bicyclic) bond motifs is 1. The third-order valence-corrected chi connectivity index (χ3v) is 4.38. The van der Waals surface area contributed by atoms with E-state index < -0.39 is 20.0 Å². The van der Waals surface area contributed by atoms with E-state index in [1.54, 1.807) is 0 Å². The molecule has 1 aliphatic rings. The van der Waals surface area contributed by atoms with E-state index in [9.17, 15) is 16.8 Å². The molecule has 0 spiro atoms. The van der Waals surface area contributed by atoms with Crippen LogP contribution in [-0.2, 0) is 20.0 Å². The summed E-state index contributed by atoms with van der Waals surface area (Å²) in [7, 11) is -7.58. The molecule has 6 nitrogen and oxygen atoms in total. The van der Waals surface area contributed by atoms with Crippen molar-refractivity contribution < 1.29 is 16.8 Å². The molecule has 0 amide bonds. The summed E-state index contributed by atoms with van der Waals surface area (Å²) in [4.78, 5) is -0.326. The van der Waals surface area contributed by atoms with Crippen molar-refractivity contribution in [3.05, 3.63) is 30.0 Å². The van der Waals surface area contributed by atoms with Gasteiger partial charge in [0.1, 0.15) is 0 Å². The predicted octanol–water partition coefficient (Wildman–Crippen LogP) is -0.403. The average molecular weight is 260 g/mol. The molecule has 0 aliphatic carbocycles. The average Bonchev–Trinajstić information content (AvgIpc) is 2.15. The maximum absolute atomic E-state index is 11.6. The topological polar surface area (TPSA) is 106 Å². The summed E-state index contributed by atoms with van der Waals surface area (Å²) >= 11 is 0. The van der Waals surface area contributed by atoms with E-state index >= 15 is 0 Å². The minimum atomic E-state index is -3.90.